The second-order valence-electron chi connectivity index (χ2n) is 6.81. The van der Waals surface area contributed by atoms with Crippen LogP contribution in [0.15, 0.2) is 53.4 Å². The van der Waals surface area contributed by atoms with Crippen molar-refractivity contribution in [1.82, 2.24) is 0 Å². The first-order chi connectivity index (χ1) is 12.4. The van der Waals surface area contributed by atoms with E-state index in [1.54, 1.807) is 0 Å². The summed E-state index contributed by atoms with van der Waals surface area (Å²) in [6, 6.07) is 14.1. The lowest BCUT2D eigenvalue weighted by molar-refractivity contribution is 0.102. The highest BCUT2D eigenvalue weighted by Crippen LogP contribution is 2.22. The number of hydrogen-bond acceptors (Lipinski definition) is 4. The molecule has 138 valence electrons. The largest absolute Gasteiger partial charge is 0.382 e. The number of rotatable bonds is 5. The highest BCUT2D eigenvalue weighted by atomic mass is 32.2. The van der Waals surface area contributed by atoms with E-state index < -0.39 is 9.84 Å². The van der Waals surface area contributed by atoms with E-state index in [4.69, 9.17) is 0 Å². The highest BCUT2D eigenvalue weighted by molar-refractivity contribution is 7.90. The van der Waals surface area contributed by atoms with Gasteiger partial charge in [-0.2, -0.15) is 0 Å². The molecule has 0 bridgehead atoms. The molecule has 2 aromatic carbocycles. The highest BCUT2D eigenvalue weighted by Gasteiger charge is 2.13. The second-order valence-corrected chi connectivity index (χ2v) is 8.82. The maximum absolute atomic E-state index is 12.3. The first kappa shape index (κ1) is 18.5. The molecule has 0 saturated heterocycles. The Labute approximate surface area is 154 Å². The predicted molar refractivity (Wildman–Crippen MR) is 104 cm³/mol. The third kappa shape index (κ3) is 4.85. The Bertz CT molecular complexity index is 853. The van der Waals surface area contributed by atoms with Crippen LogP contribution in [0.5, 0.6) is 0 Å². The van der Waals surface area contributed by atoms with Gasteiger partial charge >= 0.3 is 0 Å². The van der Waals surface area contributed by atoms with E-state index in [0.29, 0.717) is 17.3 Å². The van der Waals surface area contributed by atoms with Crippen molar-refractivity contribution in [2.24, 2.45) is 0 Å². The van der Waals surface area contributed by atoms with Crippen molar-refractivity contribution in [3.8, 4) is 0 Å². The summed E-state index contributed by atoms with van der Waals surface area (Å²) in [6.07, 6.45) is 7.46. The Kier molecular flexibility index (Phi) is 5.61. The van der Waals surface area contributed by atoms with Gasteiger partial charge in [-0.3, -0.25) is 4.79 Å². The monoisotopic (exact) mass is 372 g/mol. The fourth-order valence-corrected chi connectivity index (χ4v) is 3.82. The van der Waals surface area contributed by atoms with Gasteiger partial charge in [-0.1, -0.05) is 19.3 Å². The standard InChI is InChI=1S/C20H24N2O3S/c1-26(24,25)19-13-7-15(8-14-19)20(23)22-18-11-9-17(10-12-18)21-16-5-3-2-4-6-16/h7-14,16,21H,2-6H2,1H3,(H,22,23). The van der Waals surface area contributed by atoms with E-state index in [-0.39, 0.29) is 10.8 Å². The average Bonchev–Trinajstić information content (AvgIpc) is 2.63. The van der Waals surface area contributed by atoms with Gasteiger partial charge in [0.15, 0.2) is 9.84 Å². The van der Waals surface area contributed by atoms with Crippen molar-refractivity contribution < 1.29 is 13.2 Å². The Morgan fingerprint density at radius 1 is 0.885 bits per heavy atom. The van der Waals surface area contributed by atoms with Gasteiger partial charge in [0.25, 0.3) is 5.91 Å². The van der Waals surface area contributed by atoms with Crippen LogP contribution in [0.2, 0.25) is 0 Å². The van der Waals surface area contributed by atoms with Crippen molar-refractivity contribution in [2.75, 3.05) is 16.9 Å². The molecule has 1 aliphatic rings. The topological polar surface area (TPSA) is 75.3 Å². The van der Waals surface area contributed by atoms with Crippen LogP contribution in [0.4, 0.5) is 11.4 Å². The molecule has 1 fully saturated rings. The molecule has 6 heteroatoms. The quantitative estimate of drug-likeness (QED) is 0.829. The summed E-state index contributed by atoms with van der Waals surface area (Å²) in [5, 5.41) is 6.37. The third-order valence-corrected chi connectivity index (χ3v) is 5.79. The van der Waals surface area contributed by atoms with Gasteiger partial charge in [0, 0.05) is 29.2 Å². The van der Waals surface area contributed by atoms with Crippen molar-refractivity contribution in [3.05, 3.63) is 54.1 Å². The number of anilines is 2. The molecular formula is C20H24N2O3S. The number of benzene rings is 2. The molecule has 0 spiro atoms. The Morgan fingerprint density at radius 3 is 2.04 bits per heavy atom. The third-order valence-electron chi connectivity index (χ3n) is 4.66. The van der Waals surface area contributed by atoms with Crippen LogP contribution in [0.3, 0.4) is 0 Å². The molecule has 0 aliphatic heterocycles. The van der Waals surface area contributed by atoms with E-state index in [1.165, 1.54) is 56.4 Å². The van der Waals surface area contributed by atoms with Crippen molar-refractivity contribution in [1.29, 1.82) is 0 Å². The fourth-order valence-electron chi connectivity index (χ4n) is 3.19. The van der Waals surface area contributed by atoms with Gasteiger partial charge in [0.1, 0.15) is 0 Å². The minimum Gasteiger partial charge on any atom is -0.382 e. The van der Waals surface area contributed by atoms with Crippen LogP contribution >= 0.6 is 0 Å². The lowest BCUT2D eigenvalue weighted by Gasteiger charge is -2.23. The SMILES string of the molecule is CS(=O)(=O)c1ccc(C(=O)Nc2ccc(NC3CCCCC3)cc2)cc1. The van der Waals surface area contributed by atoms with Gasteiger partial charge in [0.05, 0.1) is 4.90 Å². The van der Waals surface area contributed by atoms with Gasteiger partial charge < -0.3 is 10.6 Å². The predicted octanol–water partition coefficient (Wildman–Crippen LogP) is 4.09. The molecule has 0 atom stereocenters. The van der Waals surface area contributed by atoms with E-state index in [1.807, 2.05) is 24.3 Å². The van der Waals surface area contributed by atoms with Gasteiger partial charge in [-0.25, -0.2) is 8.42 Å². The minimum atomic E-state index is -3.26. The first-order valence-electron chi connectivity index (χ1n) is 8.90. The summed E-state index contributed by atoms with van der Waals surface area (Å²) in [7, 11) is -3.26. The smallest absolute Gasteiger partial charge is 0.255 e. The second kappa shape index (κ2) is 7.91. The Balaban J connectivity index is 1.60. The van der Waals surface area contributed by atoms with Crippen molar-refractivity contribution in [2.45, 2.75) is 43.0 Å². The maximum atomic E-state index is 12.3. The van der Waals surface area contributed by atoms with Crippen LogP contribution in [-0.4, -0.2) is 26.6 Å². The number of sulfone groups is 1. The molecule has 0 radical (unpaired) electrons. The van der Waals surface area contributed by atoms with Crippen LogP contribution in [-0.2, 0) is 9.84 Å². The lowest BCUT2D eigenvalue weighted by atomic mass is 9.95. The lowest BCUT2D eigenvalue weighted by Crippen LogP contribution is -2.22. The molecule has 2 aromatic rings. The average molecular weight is 372 g/mol. The molecule has 0 unspecified atom stereocenters. The van der Waals surface area contributed by atoms with Crippen molar-refractivity contribution in [3.63, 3.8) is 0 Å². The van der Waals surface area contributed by atoms with E-state index >= 15 is 0 Å². The van der Waals surface area contributed by atoms with Gasteiger partial charge in [-0.15, -0.1) is 0 Å². The van der Waals surface area contributed by atoms with Crippen LogP contribution in [0.25, 0.3) is 0 Å². The molecule has 3 rings (SSSR count). The zero-order valence-electron chi connectivity index (χ0n) is 14.9. The first-order valence-corrected chi connectivity index (χ1v) is 10.8. The number of carbonyl (C=O) groups is 1. The summed E-state index contributed by atoms with van der Waals surface area (Å²) in [5.74, 6) is -0.266. The molecule has 1 amide bonds. The Hall–Kier alpha value is -2.34. The normalized spacial score (nSPS) is 15.4. The molecule has 2 N–H and O–H groups in total. The van der Waals surface area contributed by atoms with Gasteiger partial charge in [-0.05, 0) is 61.4 Å². The number of amides is 1. The van der Waals surface area contributed by atoms with E-state index in [9.17, 15) is 13.2 Å². The zero-order chi connectivity index (χ0) is 18.6. The summed E-state index contributed by atoms with van der Waals surface area (Å²) in [4.78, 5) is 12.5. The molecule has 0 aromatic heterocycles. The number of hydrogen-bond donors (Lipinski definition) is 2. The fraction of sp³-hybridized carbons (Fsp3) is 0.350. The summed E-state index contributed by atoms with van der Waals surface area (Å²) >= 11 is 0. The molecule has 1 aliphatic carbocycles. The maximum Gasteiger partial charge on any atom is 0.255 e. The molecule has 26 heavy (non-hydrogen) atoms. The number of carbonyl (C=O) groups excluding carboxylic acids is 1. The summed E-state index contributed by atoms with van der Waals surface area (Å²) in [6.45, 7) is 0. The molecule has 1 saturated carbocycles. The zero-order valence-corrected chi connectivity index (χ0v) is 15.7. The van der Waals surface area contributed by atoms with Crippen LogP contribution < -0.4 is 10.6 Å². The molecule has 0 heterocycles. The number of nitrogens with one attached hydrogen (secondary N) is 2. The van der Waals surface area contributed by atoms with E-state index in [2.05, 4.69) is 10.6 Å². The van der Waals surface area contributed by atoms with Gasteiger partial charge in [0.2, 0.25) is 0 Å². The summed E-state index contributed by atoms with van der Waals surface area (Å²) < 4.78 is 22.9. The minimum absolute atomic E-state index is 0.201. The van der Waals surface area contributed by atoms with Crippen LogP contribution in [0.1, 0.15) is 42.5 Å². The molecular weight excluding hydrogens is 348 g/mol. The Morgan fingerprint density at radius 2 is 1.46 bits per heavy atom. The van der Waals surface area contributed by atoms with Crippen molar-refractivity contribution >= 4 is 27.1 Å². The van der Waals surface area contributed by atoms with Crippen LogP contribution in [0, 0.1) is 0 Å². The van der Waals surface area contributed by atoms with E-state index in [0.717, 1.165) is 11.9 Å². The summed E-state index contributed by atoms with van der Waals surface area (Å²) in [5.41, 5.74) is 2.19. The molecule has 5 nitrogen and oxygen atoms in total.